The monoisotopic (exact) mass is 335 g/mol. The molecule has 0 fully saturated rings. The van der Waals surface area contributed by atoms with E-state index >= 15 is 0 Å². The molecule has 0 saturated carbocycles. The average molecular weight is 335 g/mol. The van der Waals surface area contributed by atoms with Gasteiger partial charge in [-0.1, -0.05) is 24.8 Å². The molecule has 1 aliphatic heterocycles. The van der Waals surface area contributed by atoms with Crippen molar-refractivity contribution in [1.82, 2.24) is 5.32 Å². The van der Waals surface area contributed by atoms with E-state index in [2.05, 4.69) is 22.5 Å². The van der Waals surface area contributed by atoms with E-state index in [-0.39, 0.29) is 18.4 Å². The average Bonchev–Trinajstić information content (AvgIpc) is 2.78. The summed E-state index contributed by atoms with van der Waals surface area (Å²) < 4.78 is 0. The first kappa shape index (κ1) is 17.3. The van der Waals surface area contributed by atoms with Crippen LogP contribution in [0.15, 0.2) is 23.2 Å². The second kappa shape index (κ2) is 7.50. The lowest BCUT2D eigenvalue weighted by molar-refractivity contribution is -0.136. The van der Waals surface area contributed by atoms with E-state index in [1.165, 1.54) is 0 Å². The highest BCUT2D eigenvalue weighted by molar-refractivity contribution is 8.14. The van der Waals surface area contributed by atoms with E-state index in [0.29, 0.717) is 22.5 Å². The van der Waals surface area contributed by atoms with Gasteiger partial charge >= 0.3 is 5.97 Å². The van der Waals surface area contributed by atoms with Crippen molar-refractivity contribution < 1.29 is 14.7 Å². The Morgan fingerprint density at radius 3 is 2.70 bits per heavy atom. The molecule has 2 rings (SSSR count). The van der Waals surface area contributed by atoms with Gasteiger partial charge in [-0.3, -0.25) is 14.6 Å². The molecule has 0 aromatic heterocycles. The molecular weight excluding hydrogens is 314 g/mol. The number of amides is 1. The van der Waals surface area contributed by atoms with Gasteiger partial charge in [-0.05, 0) is 31.5 Å². The van der Waals surface area contributed by atoms with E-state index in [1.807, 2.05) is 19.9 Å². The number of carboxylic acid groups (broad SMARTS) is 1. The minimum atomic E-state index is -0.858. The predicted octanol–water partition coefficient (Wildman–Crippen LogP) is 2.49. The Labute approximate surface area is 139 Å². The van der Waals surface area contributed by atoms with E-state index < -0.39 is 5.97 Å². The van der Waals surface area contributed by atoms with Crippen molar-refractivity contribution in [3.05, 3.63) is 29.3 Å². The molecule has 6 nitrogen and oxygen atoms in total. The third-order valence-electron chi connectivity index (χ3n) is 3.75. The molecule has 1 amide bonds. The third-order valence-corrected chi connectivity index (χ3v) is 4.95. The number of thioether (sulfide) groups is 1. The van der Waals surface area contributed by atoms with Crippen molar-refractivity contribution in [2.24, 2.45) is 4.99 Å². The molecule has 0 aliphatic carbocycles. The van der Waals surface area contributed by atoms with Gasteiger partial charge in [0, 0.05) is 23.0 Å². The Balaban J connectivity index is 2.06. The number of benzene rings is 1. The van der Waals surface area contributed by atoms with Gasteiger partial charge in [0.2, 0.25) is 0 Å². The maximum atomic E-state index is 12.4. The first-order chi connectivity index (χ1) is 10.9. The number of anilines is 1. The molecule has 0 radical (unpaired) electrons. The summed E-state index contributed by atoms with van der Waals surface area (Å²) in [5, 5.41) is 15.6. The first-order valence-corrected chi connectivity index (χ1v) is 8.37. The second-order valence-corrected chi connectivity index (χ2v) is 6.87. The molecule has 0 saturated heterocycles. The number of hydrogen-bond donors (Lipinski definition) is 3. The summed E-state index contributed by atoms with van der Waals surface area (Å²) in [5.41, 5.74) is 2.11. The second-order valence-electron chi connectivity index (χ2n) is 5.50. The highest BCUT2D eigenvalue weighted by Crippen LogP contribution is 2.25. The van der Waals surface area contributed by atoms with Crippen molar-refractivity contribution in [2.75, 3.05) is 11.9 Å². The zero-order chi connectivity index (χ0) is 17.0. The zero-order valence-corrected chi connectivity index (χ0v) is 14.2. The summed E-state index contributed by atoms with van der Waals surface area (Å²) in [6.07, 6.45) is 0.0269. The summed E-state index contributed by atoms with van der Waals surface area (Å²) in [6, 6.07) is 5.56. The smallest absolute Gasteiger partial charge is 0.305 e. The number of hydrogen-bond acceptors (Lipinski definition) is 5. The first-order valence-electron chi connectivity index (χ1n) is 7.49. The molecule has 1 aromatic rings. The van der Waals surface area contributed by atoms with Gasteiger partial charge in [0.25, 0.3) is 5.91 Å². The van der Waals surface area contributed by atoms with Crippen LogP contribution in [0, 0.1) is 6.92 Å². The molecule has 7 heteroatoms. The summed E-state index contributed by atoms with van der Waals surface area (Å²) in [4.78, 5) is 27.4. The number of amidine groups is 1. The van der Waals surface area contributed by atoms with Crippen LogP contribution >= 0.6 is 11.8 Å². The van der Waals surface area contributed by atoms with Crippen LogP contribution in [0.25, 0.3) is 0 Å². The Kier molecular flexibility index (Phi) is 5.65. The Morgan fingerprint density at radius 1 is 1.35 bits per heavy atom. The fraction of sp³-hybridized carbons (Fsp3) is 0.438. The van der Waals surface area contributed by atoms with Gasteiger partial charge < -0.3 is 15.7 Å². The van der Waals surface area contributed by atoms with Crippen molar-refractivity contribution in [3.8, 4) is 0 Å². The number of carbonyl (C=O) groups is 2. The number of rotatable bonds is 5. The molecule has 2 atom stereocenters. The predicted molar refractivity (Wildman–Crippen MR) is 93.3 cm³/mol. The van der Waals surface area contributed by atoms with Crippen LogP contribution in [-0.2, 0) is 4.79 Å². The summed E-state index contributed by atoms with van der Waals surface area (Å²) in [6.45, 7) is 6.26. The van der Waals surface area contributed by atoms with Crippen molar-refractivity contribution in [3.63, 3.8) is 0 Å². The van der Waals surface area contributed by atoms with Crippen molar-refractivity contribution in [2.45, 2.75) is 38.5 Å². The third kappa shape index (κ3) is 4.48. The Morgan fingerprint density at radius 2 is 2.09 bits per heavy atom. The van der Waals surface area contributed by atoms with Crippen LogP contribution in [0.5, 0.6) is 0 Å². The quantitative estimate of drug-likeness (QED) is 0.769. The van der Waals surface area contributed by atoms with Gasteiger partial charge in [0.15, 0.2) is 5.17 Å². The summed E-state index contributed by atoms with van der Waals surface area (Å²) in [7, 11) is 0. The number of nitrogens with zero attached hydrogens (tertiary/aromatic N) is 1. The summed E-state index contributed by atoms with van der Waals surface area (Å²) >= 11 is 1.56. The Hall–Kier alpha value is -2.02. The van der Waals surface area contributed by atoms with E-state index in [0.717, 1.165) is 11.3 Å². The van der Waals surface area contributed by atoms with Crippen LogP contribution in [0.3, 0.4) is 0 Å². The van der Waals surface area contributed by atoms with Gasteiger partial charge in [-0.15, -0.1) is 0 Å². The number of aliphatic imine (C=N–C) groups is 1. The molecule has 1 aromatic carbocycles. The molecule has 1 aliphatic rings. The van der Waals surface area contributed by atoms with Crippen molar-refractivity contribution in [1.29, 1.82) is 0 Å². The van der Waals surface area contributed by atoms with Crippen molar-refractivity contribution >= 4 is 34.5 Å². The topological polar surface area (TPSA) is 90.8 Å². The molecule has 3 N–H and O–H groups in total. The number of nitrogens with one attached hydrogen (secondary N) is 2. The van der Waals surface area contributed by atoms with Crippen LogP contribution in [-0.4, -0.2) is 40.0 Å². The van der Waals surface area contributed by atoms with Gasteiger partial charge in [0.1, 0.15) is 0 Å². The highest BCUT2D eigenvalue weighted by atomic mass is 32.2. The number of carboxylic acids is 1. The molecule has 2 unspecified atom stereocenters. The standard InChI is InChI=1S/C16H21N3O3S/c1-9-12(5-4-6-13(9)17-8-7-14(20)21)15(22)19-16-18-10(2)11(3)23-16/h4-6,10-11,17H,7-8H2,1-3H3,(H,20,21)(H,18,19,22). The van der Waals surface area contributed by atoms with Crippen LogP contribution in [0.1, 0.15) is 36.2 Å². The number of aliphatic carboxylic acids is 1. The maximum absolute atomic E-state index is 12.4. The molecule has 0 spiro atoms. The molecular formula is C16H21N3O3S. The van der Waals surface area contributed by atoms with Gasteiger partial charge in [-0.2, -0.15) is 0 Å². The molecule has 23 heavy (non-hydrogen) atoms. The van der Waals surface area contributed by atoms with Crippen LogP contribution < -0.4 is 10.6 Å². The fourth-order valence-corrected chi connectivity index (χ4v) is 3.19. The van der Waals surface area contributed by atoms with Gasteiger partial charge in [-0.25, -0.2) is 0 Å². The zero-order valence-electron chi connectivity index (χ0n) is 13.4. The van der Waals surface area contributed by atoms with Crippen LogP contribution in [0.4, 0.5) is 5.69 Å². The maximum Gasteiger partial charge on any atom is 0.305 e. The molecule has 124 valence electrons. The SMILES string of the molecule is Cc1c(NCCC(=O)O)cccc1C(=O)NC1=NC(C)C(C)S1. The van der Waals surface area contributed by atoms with E-state index in [1.54, 1.807) is 23.9 Å². The summed E-state index contributed by atoms with van der Waals surface area (Å²) in [5.74, 6) is -1.06. The lowest BCUT2D eigenvalue weighted by Gasteiger charge is -2.13. The highest BCUT2D eigenvalue weighted by Gasteiger charge is 2.24. The fourth-order valence-electron chi connectivity index (χ4n) is 2.20. The lowest BCUT2D eigenvalue weighted by atomic mass is 10.1. The molecule has 1 heterocycles. The number of carbonyl (C=O) groups excluding carboxylic acids is 1. The lowest BCUT2D eigenvalue weighted by Crippen LogP contribution is -2.28. The minimum Gasteiger partial charge on any atom is -0.481 e. The van der Waals surface area contributed by atoms with Crippen LogP contribution in [0.2, 0.25) is 0 Å². The van der Waals surface area contributed by atoms with E-state index in [4.69, 9.17) is 5.11 Å². The minimum absolute atomic E-state index is 0.0269. The van der Waals surface area contributed by atoms with Gasteiger partial charge in [0.05, 0.1) is 12.5 Å². The largest absolute Gasteiger partial charge is 0.481 e. The van der Waals surface area contributed by atoms with E-state index in [9.17, 15) is 9.59 Å². The normalized spacial score (nSPS) is 20.0. The Bertz CT molecular complexity index is 645. The molecule has 0 bridgehead atoms.